The summed E-state index contributed by atoms with van der Waals surface area (Å²) in [5.74, 6) is 0.792. The Morgan fingerprint density at radius 3 is 2.69 bits per heavy atom. The lowest BCUT2D eigenvalue weighted by molar-refractivity contribution is 0.167. The minimum atomic E-state index is -3.55. The fourth-order valence-electron chi connectivity index (χ4n) is 4.60. The molecule has 0 aromatic heterocycles. The molecule has 156 valence electrons. The molecule has 2 aliphatic heterocycles. The van der Waals surface area contributed by atoms with Crippen molar-refractivity contribution >= 4 is 10.0 Å². The zero-order valence-corrected chi connectivity index (χ0v) is 18.1. The minimum absolute atomic E-state index is 0.276. The van der Waals surface area contributed by atoms with Crippen LogP contribution < -0.4 is 4.74 Å². The van der Waals surface area contributed by atoms with Crippen LogP contribution in [-0.4, -0.2) is 50.9 Å². The fourth-order valence-corrected chi connectivity index (χ4v) is 6.29. The maximum absolute atomic E-state index is 13.3. The molecule has 0 N–H and O–H groups in total. The first-order valence-electron chi connectivity index (χ1n) is 10.4. The number of ether oxygens (including phenoxy) is 1. The third kappa shape index (κ3) is 4.34. The number of nitrogens with zero attached hydrogens (tertiary/aromatic N) is 2. The molecule has 1 saturated heterocycles. The van der Waals surface area contributed by atoms with Gasteiger partial charge >= 0.3 is 0 Å². The van der Waals surface area contributed by atoms with Gasteiger partial charge < -0.3 is 4.74 Å². The quantitative estimate of drug-likeness (QED) is 0.752. The Morgan fingerprint density at radius 1 is 1.10 bits per heavy atom. The average molecular weight is 415 g/mol. The van der Waals surface area contributed by atoms with E-state index in [1.165, 1.54) is 18.2 Å². The van der Waals surface area contributed by atoms with Crippen LogP contribution in [0.25, 0.3) is 0 Å². The van der Waals surface area contributed by atoms with Crippen molar-refractivity contribution in [3.63, 3.8) is 0 Å². The van der Waals surface area contributed by atoms with Gasteiger partial charge in [0.1, 0.15) is 10.6 Å². The summed E-state index contributed by atoms with van der Waals surface area (Å²) >= 11 is 0. The Hall–Kier alpha value is -1.89. The van der Waals surface area contributed by atoms with Crippen LogP contribution in [0.2, 0.25) is 0 Å². The van der Waals surface area contributed by atoms with Gasteiger partial charge in [-0.3, -0.25) is 4.90 Å². The summed E-state index contributed by atoms with van der Waals surface area (Å²) in [7, 11) is -2.03. The summed E-state index contributed by atoms with van der Waals surface area (Å²) in [5, 5.41) is 0. The molecular formula is C23H30N2O3S. The zero-order chi connectivity index (χ0) is 20.4. The number of methoxy groups -OCH3 is 1. The number of piperidine rings is 1. The second kappa shape index (κ2) is 8.46. The van der Waals surface area contributed by atoms with Crippen molar-refractivity contribution in [2.75, 3.05) is 33.3 Å². The van der Waals surface area contributed by atoms with E-state index in [-0.39, 0.29) is 4.90 Å². The molecule has 0 aliphatic carbocycles. The highest BCUT2D eigenvalue weighted by molar-refractivity contribution is 7.89. The van der Waals surface area contributed by atoms with E-state index >= 15 is 0 Å². The molecule has 4 rings (SSSR count). The van der Waals surface area contributed by atoms with Crippen LogP contribution in [0.15, 0.2) is 47.4 Å². The van der Waals surface area contributed by atoms with Gasteiger partial charge in [-0.1, -0.05) is 30.3 Å². The van der Waals surface area contributed by atoms with Crippen LogP contribution in [0, 0.1) is 12.8 Å². The van der Waals surface area contributed by atoms with Crippen molar-refractivity contribution in [3.8, 4) is 5.75 Å². The van der Waals surface area contributed by atoms with Crippen LogP contribution in [0.5, 0.6) is 5.75 Å². The molecule has 0 spiro atoms. The number of aryl methyl sites for hydroxylation is 1. The van der Waals surface area contributed by atoms with E-state index in [2.05, 4.69) is 29.2 Å². The van der Waals surface area contributed by atoms with Crippen molar-refractivity contribution in [3.05, 3.63) is 59.2 Å². The number of hydrogen-bond acceptors (Lipinski definition) is 4. The molecule has 0 bridgehead atoms. The molecule has 2 aromatic carbocycles. The third-order valence-electron chi connectivity index (χ3n) is 6.14. The number of hydrogen-bond donors (Lipinski definition) is 0. The SMILES string of the molecule is COc1cc(C)ccc1S(=O)(=O)N1CCCC(CN2CCc3ccccc3C2)C1. The Morgan fingerprint density at radius 2 is 1.90 bits per heavy atom. The highest BCUT2D eigenvalue weighted by atomic mass is 32.2. The Balaban J connectivity index is 1.46. The predicted molar refractivity (Wildman–Crippen MR) is 115 cm³/mol. The van der Waals surface area contributed by atoms with Crippen LogP contribution in [0.1, 0.15) is 29.5 Å². The zero-order valence-electron chi connectivity index (χ0n) is 17.3. The lowest BCUT2D eigenvalue weighted by atomic mass is 9.95. The van der Waals surface area contributed by atoms with E-state index in [4.69, 9.17) is 4.74 Å². The second-order valence-electron chi connectivity index (χ2n) is 8.28. The highest BCUT2D eigenvalue weighted by Crippen LogP contribution is 2.31. The van der Waals surface area contributed by atoms with Crippen molar-refractivity contribution < 1.29 is 13.2 Å². The van der Waals surface area contributed by atoms with Gasteiger partial charge in [0.2, 0.25) is 10.0 Å². The van der Waals surface area contributed by atoms with Gasteiger partial charge in [0.05, 0.1) is 7.11 Å². The fraction of sp³-hybridized carbons (Fsp3) is 0.478. The van der Waals surface area contributed by atoms with E-state index in [0.29, 0.717) is 24.8 Å². The van der Waals surface area contributed by atoms with E-state index in [1.54, 1.807) is 16.4 Å². The van der Waals surface area contributed by atoms with Crippen molar-refractivity contribution in [2.24, 2.45) is 5.92 Å². The van der Waals surface area contributed by atoms with Gasteiger partial charge in [-0.2, -0.15) is 4.31 Å². The van der Waals surface area contributed by atoms with E-state index in [1.807, 2.05) is 13.0 Å². The van der Waals surface area contributed by atoms with Gasteiger partial charge in [-0.15, -0.1) is 0 Å². The largest absolute Gasteiger partial charge is 0.495 e. The number of fused-ring (bicyclic) bond motifs is 1. The Kier molecular flexibility index (Phi) is 5.95. The first-order chi connectivity index (χ1) is 14.0. The second-order valence-corrected chi connectivity index (χ2v) is 10.2. The summed E-state index contributed by atoms with van der Waals surface area (Å²) in [6.45, 7) is 6.06. The van der Waals surface area contributed by atoms with Crippen LogP contribution in [0.3, 0.4) is 0 Å². The van der Waals surface area contributed by atoms with Crippen LogP contribution in [0.4, 0.5) is 0 Å². The maximum Gasteiger partial charge on any atom is 0.246 e. The third-order valence-corrected chi connectivity index (χ3v) is 8.05. The summed E-state index contributed by atoms with van der Waals surface area (Å²) in [5.41, 5.74) is 3.84. The predicted octanol–water partition coefficient (Wildman–Crippen LogP) is 3.46. The van der Waals surface area contributed by atoms with Crippen molar-refractivity contribution in [2.45, 2.75) is 37.6 Å². The number of rotatable bonds is 5. The summed E-state index contributed by atoms with van der Waals surface area (Å²) in [4.78, 5) is 2.76. The van der Waals surface area contributed by atoms with Gasteiger partial charge in [-0.25, -0.2) is 8.42 Å². The van der Waals surface area contributed by atoms with Crippen molar-refractivity contribution in [1.82, 2.24) is 9.21 Å². The first kappa shape index (κ1) is 20.4. The lowest BCUT2D eigenvalue weighted by Crippen LogP contribution is -2.44. The van der Waals surface area contributed by atoms with E-state index in [0.717, 1.165) is 44.5 Å². The molecule has 2 heterocycles. The Labute approximate surface area is 174 Å². The maximum atomic E-state index is 13.3. The molecule has 2 aliphatic rings. The molecular weight excluding hydrogens is 384 g/mol. The molecule has 1 unspecified atom stereocenters. The van der Waals surface area contributed by atoms with Gasteiger partial charge in [0, 0.05) is 32.7 Å². The molecule has 0 amide bonds. The smallest absolute Gasteiger partial charge is 0.246 e. The number of benzene rings is 2. The lowest BCUT2D eigenvalue weighted by Gasteiger charge is -2.36. The monoisotopic (exact) mass is 414 g/mol. The van der Waals surface area contributed by atoms with Crippen LogP contribution >= 0.6 is 0 Å². The minimum Gasteiger partial charge on any atom is -0.495 e. The molecule has 29 heavy (non-hydrogen) atoms. The summed E-state index contributed by atoms with van der Waals surface area (Å²) < 4.78 is 33.7. The topological polar surface area (TPSA) is 49.9 Å². The molecule has 0 saturated carbocycles. The average Bonchev–Trinajstić information content (AvgIpc) is 2.73. The van der Waals surface area contributed by atoms with E-state index < -0.39 is 10.0 Å². The molecule has 6 heteroatoms. The summed E-state index contributed by atoms with van der Waals surface area (Å²) in [6, 6.07) is 13.9. The van der Waals surface area contributed by atoms with Gasteiger partial charge in [0.15, 0.2) is 0 Å². The first-order valence-corrected chi connectivity index (χ1v) is 11.9. The normalized spacial score (nSPS) is 21.0. The molecule has 5 nitrogen and oxygen atoms in total. The number of sulfonamides is 1. The highest BCUT2D eigenvalue weighted by Gasteiger charge is 2.33. The van der Waals surface area contributed by atoms with Gasteiger partial charge in [0.25, 0.3) is 0 Å². The molecule has 0 radical (unpaired) electrons. The van der Waals surface area contributed by atoms with E-state index in [9.17, 15) is 8.42 Å². The Bertz CT molecular complexity index is 974. The standard InChI is InChI=1S/C23H30N2O3S/c1-18-9-10-23(22(14-18)28-2)29(26,27)25-12-5-6-19(16-25)15-24-13-11-20-7-3-4-8-21(20)17-24/h3-4,7-10,14,19H,5-6,11-13,15-17H2,1-2H3. The van der Waals surface area contributed by atoms with Crippen LogP contribution in [-0.2, 0) is 23.0 Å². The van der Waals surface area contributed by atoms with Crippen molar-refractivity contribution in [1.29, 1.82) is 0 Å². The molecule has 1 fully saturated rings. The molecule has 2 aromatic rings. The van der Waals surface area contributed by atoms with Gasteiger partial charge in [-0.05, 0) is 60.9 Å². The molecule has 1 atom stereocenters. The summed E-state index contributed by atoms with van der Waals surface area (Å²) in [6.07, 6.45) is 3.06.